The predicted octanol–water partition coefficient (Wildman–Crippen LogP) is 10.8. The molecule has 0 saturated heterocycles. The summed E-state index contributed by atoms with van der Waals surface area (Å²) < 4.78 is 75.9. The van der Waals surface area contributed by atoms with Gasteiger partial charge in [-0.1, -0.05) is 243 Å². The van der Waals surface area contributed by atoms with E-state index in [-0.39, 0.29) is 92.4 Å². The van der Waals surface area contributed by atoms with Crippen LogP contribution in [0.3, 0.4) is 0 Å². The molecule has 8 rings (SSSR count). The summed E-state index contributed by atoms with van der Waals surface area (Å²) in [7, 11) is 0. The normalized spacial score (nSPS) is 11.6. The molecule has 0 aliphatic rings. The van der Waals surface area contributed by atoms with Gasteiger partial charge < -0.3 is 67.5 Å². The molecule has 2 amide bonds. The van der Waals surface area contributed by atoms with Crippen molar-refractivity contribution in [2.75, 3.05) is 92.4 Å². The largest absolute Gasteiger partial charge is 0.374 e. The Morgan fingerprint density at radius 2 is 0.389 bits per heavy atom. The summed E-state index contributed by atoms with van der Waals surface area (Å²) in [5.74, 6) is -0.786. The molecule has 0 spiro atoms. The van der Waals surface area contributed by atoms with E-state index in [1.807, 2.05) is 243 Å². The lowest BCUT2D eigenvalue weighted by Crippen LogP contribution is -2.50. The molecule has 0 bridgehead atoms. The SMILES string of the molecule is O=C(CNCC(=O)NC(COC(COCc1ccccc1)COCc1ccccc1)COC(COCc1ccccc1)COCc1ccccc1)NC(COC(COCc1ccccc1)COCc1ccccc1)COC(COCc1ccccc1)COCc1ccccc1. The van der Waals surface area contributed by atoms with Gasteiger partial charge in [0.05, 0.1) is 157 Å². The summed E-state index contributed by atoms with van der Waals surface area (Å²) >= 11 is 0. The van der Waals surface area contributed by atoms with Crippen molar-refractivity contribution < 1.29 is 66.4 Å². The van der Waals surface area contributed by atoms with E-state index in [1.165, 1.54) is 0 Å². The molecule has 8 aromatic carbocycles. The van der Waals surface area contributed by atoms with Crippen LogP contribution in [-0.2, 0) is 119 Å². The van der Waals surface area contributed by atoms with E-state index in [0.29, 0.717) is 52.9 Å². The maximum atomic E-state index is 14.1. The molecule has 0 fully saturated rings. The highest BCUT2D eigenvalue weighted by molar-refractivity contribution is 5.81. The van der Waals surface area contributed by atoms with Crippen LogP contribution in [0.1, 0.15) is 44.5 Å². The Kier molecular flexibility index (Phi) is 35.0. The molecule has 0 unspecified atom stereocenters. The van der Waals surface area contributed by atoms with Gasteiger partial charge in [-0.2, -0.15) is 0 Å². The van der Waals surface area contributed by atoms with Crippen LogP contribution < -0.4 is 16.0 Å². The molecule has 17 nitrogen and oxygen atoms in total. The van der Waals surface area contributed by atoms with Crippen LogP contribution in [0.2, 0.25) is 0 Å². The second-order valence-corrected chi connectivity index (χ2v) is 23.0. The molecule has 0 saturated carbocycles. The summed E-state index contributed by atoms with van der Waals surface area (Å²) in [5.41, 5.74) is 8.16. The first-order valence-electron chi connectivity index (χ1n) is 32.6. The minimum absolute atomic E-state index is 0.0373. The average molecular weight is 1300 g/mol. The first kappa shape index (κ1) is 73.0. The Morgan fingerprint density at radius 1 is 0.232 bits per heavy atom. The zero-order valence-corrected chi connectivity index (χ0v) is 54.3. The lowest BCUT2D eigenvalue weighted by molar-refractivity contribution is -0.126. The first-order valence-corrected chi connectivity index (χ1v) is 32.6. The molecule has 504 valence electrons. The second-order valence-electron chi connectivity index (χ2n) is 23.0. The third-order valence-electron chi connectivity index (χ3n) is 14.8. The van der Waals surface area contributed by atoms with Crippen molar-refractivity contribution in [3.05, 3.63) is 287 Å². The van der Waals surface area contributed by atoms with E-state index >= 15 is 0 Å². The molecule has 3 N–H and O–H groups in total. The predicted molar refractivity (Wildman–Crippen MR) is 364 cm³/mol. The highest BCUT2D eigenvalue weighted by Crippen LogP contribution is 2.13. The summed E-state index contributed by atoms with van der Waals surface area (Å²) in [5, 5.41) is 9.28. The van der Waals surface area contributed by atoms with Crippen LogP contribution in [0.25, 0.3) is 0 Å². The molecule has 8 aromatic rings. The van der Waals surface area contributed by atoms with Gasteiger partial charge >= 0.3 is 0 Å². The van der Waals surface area contributed by atoms with Crippen molar-refractivity contribution in [3.63, 3.8) is 0 Å². The van der Waals surface area contributed by atoms with Crippen LogP contribution in [0, 0.1) is 0 Å². The molecule has 0 radical (unpaired) electrons. The number of benzene rings is 8. The summed E-state index contributed by atoms with van der Waals surface area (Å²) in [6, 6.07) is 78.0. The standard InChI is InChI=1S/C78H93N3O14/c82-77(80-71(51-92-73(55-84-43-63-25-9-1-10-26-63)56-85-44-64-27-11-2-12-28-64)52-93-74(57-86-45-65-29-13-3-14-30-65)58-87-46-66-31-15-4-16-32-66)41-79-42-78(83)81-72(53-94-75(59-88-47-67-33-17-5-18-34-67)60-89-48-68-35-19-6-20-36-68)54-95-76(61-90-49-69-37-21-7-22-38-69)62-91-50-70-39-23-8-24-40-70/h1-40,71-76,79H,41-62H2,(H,80,82)(H,81,83). The van der Waals surface area contributed by atoms with Crippen molar-refractivity contribution >= 4 is 11.8 Å². The summed E-state index contributed by atoms with van der Waals surface area (Å²) in [4.78, 5) is 28.2. The molecule has 0 atom stereocenters. The molecule has 0 heterocycles. The summed E-state index contributed by atoms with van der Waals surface area (Å²) in [6.45, 7) is 4.48. The topological polar surface area (TPSA) is 181 Å². The zero-order chi connectivity index (χ0) is 65.7. The number of nitrogens with one attached hydrogen (secondary N) is 3. The van der Waals surface area contributed by atoms with E-state index < -0.39 is 48.3 Å². The quantitative estimate of drug-likeness (QED) is 0.0327. The number of rotatable bonds is 50. The van der Waals surface area contributed by atoms with E-state index in [2.05, 4.69) is 16.0 Å². The molecule has 0 aliphatic carbocycles. The van der Waals surface area contributed by atoms with Gasteiger partial charge in [-0.15, -0.1) is 0 Å². The lowest BCUT2D eigenvalue weighted by atomic mass is 10.2. The van der Waals surface area contributed by atoms with Crippen molar-refractivity contribution in [1.29, 1.82) is 0 Å². The zero-order valence-electron chi connectivity index (χ0n) is 54.3. The van der Waals surface area contributed by atoms with E-state index in [0.717, 1.165) is 44.5 Å². The van der Waals surface area contributed by atoms with Crippen LogP contribution >= 0.6 is 0 Å². The van der Waals surface area contributed by atoms with Crippen LogP contribution in [0.15, 0.2) is 243 Å². The van der Waals surface area contributed by atoms with Gasteiger partial charge in [0.1, 0.15) is 24.4 Å². The first-order chi connectivity index (χ1) is 46.9. The minimum Gasteiger partial charge on any atom is -0.374 e. The molecule has 17 heteroatoms. The van der Waals surface area contributed by atoms with Gasteiger partial charge in [-0.25, -0.2) is 0 Å². The van der Waals surface area contributed by atoms with Gasteiger partial charge in [0.25, 0.3) is 0 Å². The highest BCUT2D eigenvalue weighted by Gasteiger charge is 2.24. The van der Waals surface area contributed by atoms with Gasteiger partial charge in [0.15, 0.2) is 0 Å². The molecular weight excluding hydrogens is 1200 g/mol. The Balaban J connectivity index is 0.927. The number of hydrogen-bond acceptors (Lipinski definition) is 15. The van der Waals surface area contributed by atoms with Crippen LogP contribution in [0.5, 0.6) is 0 Å². The van der Waals surface area contributed by atoms with E-state index in [4.69, 9.17) is 56.8 Å². The van der Waals surface area contributed by atoms with E-state index in [1.54, 1.807) is 0 Å². The van der Waals surface area contributed by atoms with Crippen molar-refractivity contribution in [2.45, 2.75) is 89.4 Å². The molecule has 0 aliphatic heterocycles. The van der Waals surface area contributed by atoms with Crippen molar-refractivity contribution in [2.24, 2.45) is 0 Å². The average Bonchev–Trinajstić information content (AvgIpc) is 3.72. The van der Waals surface area contributed by atoms with Gasteiger partial charge in [0, 0.05) is 0 Å². The second kappa shape index (κ2) is 45.5. The maximum absolute atomic E-state index is 14.1. The van der Waals surface area contributed by atoms with Gasteiger partial charge in [0.2, 0.25) is 11.8 Å². The number of carbonyl (C=O) groups excluding carboxylic acids is 2. The molecular formula is C78H93N3O14. The number of amides is 2. The fraction of sp³-hybridized carbons (Fsp3) is 0.359. The Hall–Kier alpha value is -7.82. The number of ether oxygens (including phenoxy) is 12. The van der Waals surface area contributed by atoms with E-state index in [9.17, 15) is 9.59 Å². The van der Waals surface area contributed by atoms with Gasteiger partial charge in [-0.05, 0) is 44.5 Å². The highest BCUT2D eigenvalue weighted by atomic mass is 16.6. The Morgan fingerprint density at radius 3 is 0.547 bits per heavy atom. The minimum atomic E-state index is -0.670. The fourth-order valence-corrected chi connectivity index (χ4v) is 9.76. The fourth-order valence-electron chi connectivity index (χ4n) is 9.76. The third kappa shape index (κ3) is 32.0. The third-order valence-corrected chi connectivity index (χ3v) is 14.8. The molecule has 0 aromatic heterocycles. The molecule has 95 heavy (non-hydrogen) atoms. The smallest absolute Gasteiger partial charge is 0.234 e. The van der Waals surface area contributed by atoms with Crippen LogP contribution in [-0.4, -0.2) is 141 Å². The Bertz CT molecular complexity index is 2610. The summed E-state index contributed by atoms with van der Waals surface area (Å²) in [6.07, 6.45) is -2.05. The van der Waals surface area contributed by atoms with Gasteiger partial charge in [-0.3, -0.25) is 14.9 Å². The van der Waals surface area contributed by atoms with Crippen molar-refractivity contribution in [3.8, 4) is 0 Å². The Labute approximate surface area is 560 Å². The number of hydrogen-bond donors (Lipinski definition) is 3. The van der Waals surface area contributed by atoms with Crippen LogP contribution in [0.4, 0.5) is 0 Å². The van der Waals surface area contributed by atoms with Crippen molar-refractivity contribution in [1.82, 2.24) is 16.0 Å². The maximum Gasteiger partial charge on any atom is 0.234 e. The monoisotopic (exact) mass is 1300 g/mol. The number of carbonyl (C=O) groups is 2. The lowest BCUT2D eigenvalue weighted by Gasteiger charge is -2.26.